The quantitative estimate of drug-likeness (QED) is 0.837. The monoisotopic (exact) mass is 256 g/mol. The fraction of sp³-hybridized carbons (Fsp3) is 0.556. The van der Waals surface area contributed by atoms with Gasteiger partial charge >= 0.3 is 0 Å². The van der Waals surface area contributed by atoms with Crippen LogP contribution < -0.4 is 0 Å². The Labute approximate surface area is 116 Å². The van der Waals surface area contributed by atoms with E-state index in [1.807, 2.05) is 18.2 Å². The summed E-state index contributed by atoms with van der Waals surface area (Å²) in [6, 6.07) is 10.3. The molecule has 0 amide bonds. The Balaban J connectivity index is 1.92. The molecule has 1 aromatic carbocycles. The zero-order chi connectivity index (χ0) is 13.7. The molecule has 0 spiro atoms. The molecule has 19 heavy (non-hydrogen) atoms. The smallest absolute Gasteiger partial charge is 0.0892 e. The van der Waals surface area contributed by atoms with Crippen molar-refractivity contribution >= 4 is 6.08 Å². The van der Waals surface area contributed by atoms with Gasteiger partial charge in [0.05, 0.1) is 5.60 Å². The summed E-state index contributed by atoms with van der Waals surface area (Å²) in [5.74, 6) is 0.655. The van der Waals surface area contributed by atoms with Gasteiger partial charge in [0.2, 0.25) is 0 Å². The van der Waals surface area contributed by atoms with Crippen LogP contribution in [0.4, 0.5) is 0 Å². The number of hydrogen-bond acceptors (Lipinski definition) is 1. The normalized spacial score (nSPS) is 40.1. The van der Waals surface area contributed by atoms with Gasteiger partial charge in [-0.15, -0.1) is 0 Å². The first-order valence-electron chi connectivity index (χ1n) is 7.36. The minimum absolute atomic E-state index is 0.00987. The molecule has 0 heterocycles. The van der Waals surface area contributed by atoms with E-state index < -0.39 is 5.60 Å². The summed E-state index contributed by atoms with van der Waals surface area (Å²) < 4.78 is 0. The molecule has 0 aromatic heterocycles. The van der Waals surface area contributed by atoms with Crippen molar-refractivity contribution in [3.63, 3.8) is 0 Å². The van der Waals surface area contributed by atoms with Crippen molar-refractivity contribution in [2.45, 2.75) is 45.6 Å². The fourth-order valence-electron chi connectivity index (χ4n) is 4.38. The average Bonchev–Trinajstić information content (AvgIpc) is 2.70. The highest BCUT2D eigenvalue weighted by Gasteiger charge is 2.67. The molecule has 1 nitrogen and oxygen atoms in total. The molecule has 2 aliphatic carbocycles. The molecule has 0 aliphatic heterocycles. The van der Waals surface area contributed by atoms with Crippen LogP contribution in [0.2, 0.25) is 0 Å². The molecule has 0 radical (unpaired) electrons. The Morgan fingerprint density at radius 3 is 2.37 bits per heavy atom. The van der Waals surface area contributed by atoms with E-state index in [1.54, 1.807) is 0 Å². The molecule has 2 aliphatic rings. The van der Waals surface area contributed by atoms with Gasteiger partial charge in [-0.2, -0.15) is 0 Å². The van der Waals surface area contributed by atoms with Crippen molar-refractivity contribution in [2.24, 2.45) is 16.7 Å². The maximum absolute atomic E-state index is 11.2. The predicted molar refractivity (Wildman–Crippen MR) is 79.7 cm³/mol. The maximum Gasteiger partial charge on any atom is 0.0892 e. The molecule has 2 bridgehead atoms. The van der Waals surface area contributed by atoms with Crippen molar-refractivity contribution < 1.29 is 5.11 Å². The van der Waals surface area contributed by atoms with Crippen LogP contribution in [0, 0.1) is 16.7 Å². The minimum atomic E-state index is -0.644. The first-order valence-corrected chi connectivity index (χ1v) is 7.36. The molecule has 1 aromatic rings. The van der Waals surface area contributed by atoms with Crippen LogP contribution in [0.15, 0.2) is 36.4 Å². The van der Waals surface area contributed by atoms with Gasteiger partial charge in [-0.1, -0.05) is 63.3 Å². The minimum Gasteiger partial charge on any atom is -0.385 e. The topological polar surface area (TPSA) is 20.2 Å². The fourth-order valence-corrected chi connectivity index (χ4v) is 4.38. The summed E-state index contributed by atoms with van der Waals surface area (Å²) in [7, 11) is 0. The molecule has 3 rings (SSSR count). The lowest BCUT2D eigenvalue weighted by Gasteiger charge is -2.43. The van der Waals surface area contributed by atoms with Crippen molar-refractivity contribution in [3.8, 4) is 0 Å². The molecular formula is C18H24O. The van der Waals surface area contributed by atoms with Gasteiger partial charge in [-0.05, 0) is 36.2 Å². The lowest BCUT2D eigenvalue weighted by Crippen LogP contribution is -2.45. The Morgan fingerprint density at radius 2 is 1.84 bits per heavy atom. The van der Waals surface area contributed by atoms with Crippen LogP contribution in [0.5, 0.6) is 0 Å². The van der Waals surface area contributed by atoms with Crippen LogP contribution >= 0.6 is 0 Å². The third-order valence-electron chi connectivity index (χ3n) is 6.30. The van der Waals surface area contributed by atoms with Gasteiger partial charge in [0.15, 0.2) is 0 Å². The molecular weight excluding hydrogens is 232 g/mol. The van der Waals surface area contributed by atoms with Gasteiger partial charge < -0.3 is 5.11 Å². The molecule has 2 saturated carbocycles. The van der Waals surface area contributed by atoms with Gasteiger partial charge in [-0.25, -0.2) is 0 Å². The largest absolute Gasteiger partial charge is 0.385 e. The van der Waals surface area contributed by atoms with Crippen molar-refractivity contribution in [1.82, 2.24) is 0 Å². The lowest BCUT2D eigenvalue weighted by atomic mass is 9.64. The summed E-state index contributed by atoms with van der Waals surface area (Å²) in [4.78, 5) is 0. The first-order chi connectivity index (χ1) is 8.89. The molecule has 2 fully saturated rings. The molecule has 3 unspecified atom stereocenters. The molecule has 3 atom stereocenters. The van der Waals surface area contributed by atoms with Crippen molar-refractivity contribution in [1.29, 1.82) is 0 Å². The third-order valence-corrected chi connectivity index (χ3v) is 6.30. The van der Waals surface area contributed by atoms with E-state index in [-0.39, 0.29) is 10.8 Å². The molecule has 102 valence electrons. The highest BCUT2D eigenvalue weighted by Crippen LogP contribution is 2.70. The highest BCUT2D eigenvalue weighted by molar-refractivity contribution is 5.51. The van der Waals surface area contributed by atoms with E-state index in [9.17, 15) is 5.11 Å². The van der Waals surface area contributed by atoms with E-state index >= 15 is 0 Å². The third kappa shape index (κ3) is 1.64. The highest BCUT2D eigenvalue weighted by atomic mass is 16.3. The Morgan fingerprint density at radius 1 is 1.16 bits per heavy atom. The second kappa shape index (κ2) is 3.96. The second-order valence-electron chi connectivity index (χ2n) is 7.16. The van der Waals surface area contributed by atoms with Gasteiger partial charge in [0.25, 0.3) is 0 Å². The molecule has 1 heteroatoms. The Bertz CT molecular complexity index is 502. The van der Waals surface area contributed by atoms with E-state index in [4.69, 9.17) is 0 Å². The van der Waals surface area contributed by atoms with Crippen molar-refractivity contribution in [2.75, 3.05) is 0 Å². The second-order valence-corrected chi connectivity index (χ2v) is 7.16. The van der Waals surface area contributed by atoms with E-state index in [0.29, 0.717) is 5.92 Å². The summed E-state index contributed by atoms with van der Waals surface area (Å²) in [5, 5.41) is 11.2. The van der Waals surface area contributed by atoms with Gasteiger partial charge in [-0.3, -0.25) is 0 Å². The predicted octanol–water partition coefficient (Wildman–Crippen LogP) is 4.28. The summed E-state index contributed by atoms with van der Waals surface area (Å²) in [5.41, 5.74) is 0.772. The number of rotatable bonds is 2. The first kappa shape index (κ1) is 12.9. The summed E-state index contributed by atoms with van der Waals surface area (Å²) >= 11 is 0. The SMILES string of the molecule is CC1(C)C2CCC1(C)C(O)(C=Cc1ccccc1)C2. The van der Waals surface area contributed by atoms with Gasteiger partial charge in [0, 0.05) is 5.41 Å². The number of aliphatic hydroxyl groups is 1. The molecule has 1 N–H and O–H groups in total. The number of benzene rings is 1. The van der Waals surface area contributed by atoms with Crippen LogP contribution in [0.25, 0.3) is 6.08 Å². The van der Waals surface area contributed by atoms with E-state index in [1.165, 1.54) is 12.0 Å². The Hall–Kier alpha value is -1.08. The zero-order valence-electron chi connectivity index (χ0n) is 12.2. The van der Waals surface area contributed by atoms with E-state index in [0.717, 1.165) is 12.8 Å². The zero-order valence-corrected chi connectivity index (χ0v) is 12.2. The van der Waals surface area contributed by atoms with Gasteiger partial charge in [0.1, 0.15) is 0 Å². The summed E-state index contributed by atoms with van der Waals surface area (Å²) in [6.07, 6.45) is 7.47. The average molecular weight is 256 g/mol. The number of hydrogen-bond donors (Lipinski definition) is 1. The molecule has 0 saturated heterocycles. The van der Waals surface area contributed by atoms with Crippen LogP contribution in [-0.2, 0) is 0 Å². The van der Waals surface area contributed by atoms with Crippen LogP contribution in [0.3, 0.4) is 0 Å². The van der Waals surface area contributed by atoms with E-state index in [2.05, 4.69) is 45.1 Å². The summed E-state index contributed by atoms with van der Waals surface area (Å²) in [6.45, 7) is 6.94. The van der Waals surface area contributed by atoms with Crippen LogP contribution in [-0.4, -0.2) is 10.7 Å². The maximum atomic E-state index is 11.2. The standard InChI is InChI=1S/C18H24O/c1-16(2)15-10-11-17(16,3)18(19,13-15)12-9-14-7-5-4-6-8-14/h4-9,12,15,19H,10-11,13H2,1-3H3. The van der Waals surface area contributed by atoms with Crippen molar-refractivity contribution in [3.05, 3.63) is 42.0 Å². The van der Waals surface area contributed by atoms with Crippen LogP contribution in [0.1, 0.15) is 45.6 Å². The number of fused-ring (bicyclic) bond motifs is 2. The Kier molecular flexibility index (Phi) is 2.69. The lowest BCUT2D eigenvalue weighted by molar-refractivity contribution is -0.0504.